The van der Waals surface area contributed by atoms with Gasteiger partial charge in [0.25, 0.3) is 0 Å². The monoisotopic (exact) mass is 252 g/mol. The molecule has 90 valence electrons. The van der Waals surface area contributed by atoms with Gasteiger partial charge in [0.2, 0.25) is 5.95 Å². The molecule has 0 aliphatic carbocycles. The van der Waals surface area contributed by atoms with Crippen LogP contribution >= 0.6 is 12.2 Å². The number of aromatic amines is 1. The van der Waals surface area contributed by atoms with Crippen molar-refractivity contribution in [1.82, 2.24) is 14.8 Å². The first-order valence-corrected chi connectivity index (χ1v) is 5.68. The SMILES string of the molecule is CCN(c1cccc(F)c1)c1n[nH]c(=S)n1C. The van der Waals surface area contributed by atoms with Crippen molar-refractivity contribution < 1.29 is 4.39 Å². The molecule has 0 radical (unpaired) electrons. The maximum absolute atomic E-state index is 13.2. The zero-order valence-electron chi connectivity index (χ0n) is 9.64. The van der Waals surface area contributed by atoms with Gasteiger partial charge in [-0.25, -0.2) is 9.49 Å². The van der Waals surface area contributed by atoms with Crippen LogP contribution in [-0.2, 0) is 7.05 Å². The highest BCUT2D eigenvalue weighted by atomic mass is 32.1. The van der Waals surface area contributed by atoms with Crippen LogP contribution in [0.3, 0.4) is 0 Å². The van der Waals surface area contributed by atoms with Gasteiger partial charge >= 0.3 is 0 Å². The van der Waals surface area contributed by atoms with Crippen molar-refractivity contribution in [1.29, 1.82) is 0 Å². The number of rotatable bonds is 3. The Hall–Kier alpha value is -1.69. The second-order valence-corrected chi connectivity index (χ2v) is 4.00. The van der Waals surface area contributed by atoms with E-state index in [-0.39, 0.29) is 5.82 Å². The van der Waals surface area contributed by atoms with Gasteiger partial charge in [0.1, 0.15) is 5.82 Å². The van der Waals surface area contributed by atoms with Gasteiger partial charge in [-0.05, 0) is 37.3 Å². The Bertz CT molecular complexity index is 575. The summed E-state index contributed by atoms with van der Waals surface area (Å²) in [4.78, 5) is 1.88. The second kappa shape index (κ2) is 4.67. The van der Waals surface area contributed by atoms with Crippen LogP contribution in [0.2, 0.25) is 0 Å². The number of aromatic nitrogens is 3. The predicted molar refractivity (Wildman–Crippen MR) is 67.5 cm³/mol. The smallest absolute Gasteiger partial charge is 0.229 e. The van der Waals surface area contributed by atoms with E-state index in [1.54, 1.807) is 10.6 Å². The van der Waals surface area contributed by atoms with Crippen LogP contribution in [0.5, 0.6) is 0 Å². The van der Waals surface area contributed by atoms with E-state index in [1.165, 1.54) is 12.1 Å². The molecular formula is C11H13FN4S. The van der Waals surface area contributed by atoms with Crippen molar-refractivity contribution in [3.63, 3.8) is 0 Å². The molecule has 0 bridgehead atoms. The highest BCUT2D eigenvalue weighted by Gasteiger charge is 2.13. The minimum Gasteiger partial charge on any atom is -0.311 e. The van der Waals surface area contributed by atoms with Gasteiger partial charge in [0.15, 0.2) is 4.77 Å². The minimum atomic E-state index is -0.266. The van der Waals surface area contributed by atoms with Crippen molar-refractivity contribution in [2.45, 2.75) is 6.92 Å². The highest BCUT2D eigenvalue weighted by Crippen LogP contribution is 2.23. The Morgan fingerprint density at radius 1 is 1.53 bits per heavy atom. The van der Waals surface area contributed by atoms with Crippen LogP contribution in [0.25, 0.3) is 0 Å². The number of hydrogen-bond donors (Lipinski definition) is 1. The van der Waals surface area contributed by atoms with Crippen molar-refractivity contribution in [2.24, 2.45) is 7.05 Å². The van der Waals surface area contributed by atoms with E-state index in [0.717, 1.165) is 5.69 Å². The van der Waals surface area contributed by atoms with Gasteiger partial charge < -0.3 is 4.90 Å². The topological polar surface area (TPSA) is 36.9 Å². The van der Waals surface area contributed by atoms with Gasteiger partial charge in [0.05, 0.1) is 0 Å². The molecule has 1 aromatic carbocycles. The van der Waals surface area contributed by atoms with Crippen molar-refractivity contribution in [2.75, 3.05) is 11.4 Å². The maximum atomic E-state index is 13.2. The molecule has 0 saturated heterocycles. The van der Waals surface area contributed by atoms with Crippen LogP contribution in [0, 0.1) is 10.6 Å². The lowest BCUT2D eigenvalue weighted by atomic mass is 10.3. The Morgan fingerprint density at radius 2 is 2.29 bits per heavy atom. The summed E-state index contributed by atoms with van der Waals surface area (Å²) >= 11 is 5.06. The van der Waals surface area contributed by atoms with Gasteiger partial charge in [-0.3, -0.25) is 4.57 Å². The van der Waals surface area contributed by atoms with Crippen molar-refractivity contribution in [3.05, 3.63) is 34.9 Å². The fourth-order valence-corrected chi connectivity index (χ4v) is 1.79. The Balaban J connectivity index is 2.47. The molecule has 2 rings (SSSR count). The van der Waals surface area contributed by atoms with E-state index in [4.69, 9.17) is 12.2 Å². The molecule has 17 heavy (non-hydrogen) atoms. The lowest BCUT2D eigenvalue weighted by molar-refractivity contribution is 0.627. The van der Waals surface area contributed by atoms with Crippen LogP contribution in [0.4, 0.5) is 16.0 Å². The summed E-state index contributed by atoms with van der Waals surface area (Å²) in [6, 6.07) is 6.40. The molecule has 0 aliphatic heterocycles. The molecule has 1 heterocycles. The summed E-state index contributed by atoms with van der Waals surface area (Å²) in [5.41, 5.74) is 0.754. The zero-order valence-corrected chi connectivity index (χ0v) is 10.5. The van der Waals surface area contributed by atoms with Crippen molar-refractivity contribution >= 4 is 23.9 Å². The van der Waals surface area contributed by atoms with E-state index < -0.39 is 0 Å². The average Bonchev–Trinajstić information content (AvgIpc) is 2.63. The van der Waals surface area contributed by atoms with Gasteiger partial charge in [-0.15, -0.1) is 5.10 Å². The zero-order chi connectivity index (χ0) is 12.4. The van der Waals surface area contributed by atoms with Crippen LogP contribution in [0.15, 0.2) is 24.3 Å². The molecule has 0 spiro atoms. The van der Waals surface area contributed by atoms with Gasteiger partial charge in [-0.2, -0.15) is 0 Å². The molecule has 2 aromatic rings. The normalized spacial score (nSPS) is 10.5. The number of hydrogen-bond acceptors (Lipinski definition) is 3. The Kier molecular flexibility index (Phi) is 3.23. The van der Waals surface area contributed by atoms with Crippen molar-refractivity contribution in [3.8, 4) is 0 Å². The molecule has 0 unspecified atom stereocenters. The van der Waals surface area contributed by atoms with E-state index in [9.17, 15) is 4.39 Å². The Labute approximate surface area is 104 Å². The third-order valence-corrected chi connectivity index (χ3v) is 2.90. The summed E-state index contributed by atoms with van der Waals surface area (Å²) in [6.45, 7) is 2.65. The lowest BCUT2D eigenvalue weighted by Gasteiger charge is -2.21. The molecule has 4 nitrogen and oxygen atoms in total. The summed E-state index contributed by atoms with van der Waals surface area (Å²) in [5, 5.41) is 6.86. The third-order valence-electron chi connectivity index (χ3n) is 2.53. The molecule has 0 saturated carbocycles. The largest absolute Gasteiger partial charge is 0.311 e. The van der Waals surface area contributed by atoms with Crippen LogP contribution in [0.1, 0.15) is 6.92 Å². The first-order valence-electron chi connectivity index (χ1n) is 5.28. The molecule has 0 amide bonds. The number of nitrogens with zero attached hydrogens (tertiary/aromatic N) is 3. The molecule has 1 aromatic heterocycles. The standard InChI is InChI=1S/C11H13FN4S/c1-3-16(9-6-4-5-8(12)7-9)10-13-14-11(17)15(10)2/h4-7H,3H2,1-2H3,(H,14,17). The predicted octanol–water partition coefficient (Wildman–Crippen LogP) is 2.77. The first-order chi connectivity index (χ1) is 8.13. The van der Waals surface area contributed by atoms with Gasteiger partial charge in [-0.1, -0.05) is 6.07 Å². The number of anilines is 2. The molecule has 0 fully saturated rings. The second-order valence-electron chi connectivity index (χ2n) is 3.61. The molecule has 0 atom stereocenters. The lowest BCUT2D eigenvalue weighted by Crippen LogP contribution is -2.19. The summed E-state index contributed by atoms with van der Waals surface area (Å²) in [5.74, 6) is 0.404. The first kappa shape index (κ1) is 11.8. The van der Waals surface area contributed by atoms with E-state index in [1.807, 2.05) is 24.9 Å². The third kappa shape index (κ3) is 2.21. The summed E-state index contributed by atoms with van der Waals surface area (Å²) in [6.07, 6.45) is 0. The average molecular weight is 252 g/mol. The number of halogens is 1. The fourth-order valence-electron chi connectivity index (χ4n) is 1.66. The molecule has 0 aliphatic rings. The quantitative estimate of drug-likeness (QED) is 0.853. The Morgan fingerprint density at radius 3 is 2.82 bits per heavy atom. The van der Waals surface area contributed by atoms with E-state index in [2.05, 4.69) is 10.2 Å². The molecule has 6 heteroatoms. The number of H-pyrrole nitrogens is 1. The van der Waals surface area contributed by atoms with Gasteiger partial charge in [0, 0.05) is 19.3 Å². The van der Waals surface area contributed by atoms with Crippen LogP contribution in [-0.4, -0.2) is 21.3 Å². The number of benzene rings is 1. The minimum absolute atomic E-state index is 0.266. The van der Waals surface area contributed by atoms with E-state index >= 15 is 0 Å². The van der Waals surface area contributed by atoms with E-state index in [0.29, 0.717) is 17.3 Å². The summed E-state index contributed by atoms with van der Waals surface area (Å²) in [7, 11) is 1.82. The molecular weight excluding hydrogens is 239 g/mol. The highest BCUT2D eigenvalue weighted by molar-refractivity contribution is 7.71. The molecule has 1 N–H and O–H groups in total. The number of nitrogens with one attached hydrogen (secondary N) is 1. The maximum Gasteiger partial charge on any atom is 0.229 e. The van der Waals surface area contributed by atoms with Crippen LogP contribution < -0.4 is 4.90 Å². The summed E-state index contributed by atoms with van der Waals surface area (Å²) < 4.78 is 15.5. The fraction of sp³-hybridized carbons (Fsp3) is 0.273.